The molecule has 1 aromatic carbocycles. The first-order valence-corrected chi connectivity index (χ1v) is 4.62. The predicted octanol–water partition coefficient (Wildman–Crippen LogP) is 3.13. The van der Waals surface area contributed by atoms with Crippen molar-refractivity contribution in [1.29, 1.82) is 0 Å². The zero-order chi connectivity index (χ0) is 10.1. The van der Waals surface area contributed by atoms with Gasteiger partial charge in [-0.25, -0.2) is 0 Å². The molecule has 0 amide bonds. The minimum atomic E-state index is -4.41. The van der Waals surface area contributed by atoms with Gasteiger partial charge in [-0.05, 0) is 18.4 Å². The van der Waals surface area contributed by atoms with Crippen LogP contribution in [0, 0.1) is 0 Å². The summed E-state index contributed by atoms with van der Waals surface area (Å²) < 4.78 is 36.9. The number of halogens is 3. The van der Waals surface area contributed by atoms with Gasteiger partial charge in [0.1, 0.15) is 5.75 Å². The molecule has 1 aromatic rings. The third-order valence-corrected chi connectivity index (χ3v) is 2.34. The van der Waals surface area contributed by atoms with Crippen LogP contribution in [-0.4, -0.2) is 11.4 Å². The number of rotatable bonds is 1. The largest absolute Gasteiger partial charge is 0.507 e. The molecule has 0 radical (unpaired) electrons. The Morgan fingerprint density at radius 2 is 1.92 bits per heavy atom. The van der Waals surface area contributed by atoms with E-state index in [0.29, 0.717) is 0 Å². The van der Waals surface area contributed by atoms with E-state index in [1.165, 1.54) is 18.4 Å². The van der Waals surface area contributed by atoms with E-state index in [2.05, 4.69) is 0 Å². The Morgan fingerprint density at radius 1 is 1.31 bits per heavy atom. The molecule has 0 unspecified atom stereocenters. The van der Waals surface area contributed by atoms with Gasteiger partial charge >= 0.3 is 6.18 Å². The van der Waals surface area contributed by atoms with Crippen molar-refractivity contribution in [3.05, 3.63) is 23.8 Å². The number of hydrogen-bond acceptors (Lipinski definition) is 2. The lowest BCUT2D eigenvalue weighted by molar-refractivity contribution is -0.139. The quantitative estimate of drug-likeness (QED) is 0.715. The molecule has 1 rings (SSSR count). The minimum Gasteiger partial charge on any atom is -0.507 e. The molecular weight excluding hydrogens is 201 g/mol. The lowest BCUT2D eigenvalue weighted by atomic mass is 10.2. The van der Waals surface area contributed by atoms with E-state index in [9.17, 15) is 13.2 Å². The zero-order valence-electron chi connectivity index (χ0n) is 6.72. The van der Waals surface area contributed by atoms with Crippen LogP contribution >= 0.6 is 11.8 Å². The van der Waals surface area contributed by atoms with E-state index in [-0.39, 0.29) is 10.6 Å². The lowest BCUT2D eigenvalue weighted by Crippen LogP contribution is -2.06. The second-order valence-corrected chi connectivity index (χ2v) is 3.17. The fraction of sp³-hybridized carbons (Fsp3) is 0.250. The Labute approximate surface area is 77.6 Å². The van der Waals surface area contributed by atoms with Crippen molar-refractivity contribution in [3.63, 3.8) is 0 Å². The van der Waals surface area contributed by atoms with Gasteiger partial charge in [-0.2, -0.15) is 13.2 Å². The third-order valence-electron chi connectivity index (χ3n) is 1.50. The van der Waals surface area contributed by atoms with Gasteiger partial charge in [-0.3, -0.25) is 0 Å². The highest BCUT2D eigenvalue weighted by atomic mass is 32.2. The first kappa shape index (κ1) is 10.2. The Morgan fingerprint density at radius 3 is 2.31 bits per heavy atom. The van der Waals surface area contributed by atoms with Gasteiger partial charge in [-0.1, -0.05) is 6.07 Å². The maximum absolute atomic E-state index is 12.3. The van der Waals surface area contributed by atoms with Gasteiger partial charge in [0.2, 0.25) is 0 Å². The van der Waals surface area contributed by atoms with E-state index < -0.39 is 11.7 Å². The summed E-state index contributed by atoms with van der Waals surface area (Å²) in [5, 5.41) is 9.13. The van der Waals surface area contributed by atoms with Gasteiger partial charge in [0.25, 0.3) is 0 Å². The van der Waals surface area contributed by atoms with Crippen LogP contribution in [0.1, 0.15) is 5.56 Å². The molecule has 0 spiro atoms. The first-order valence-electron chi connectivity index (χ1n) is 3.40. The van der Waals surface area contributed by atoms with Crippen LogP contribution in [0.25, 0.3) is 0 Å². The van der Waals surface area contributed by atoms with Crippen molar-refractivity contribution in [2.24, 2.45) is 0 Å². The first-order chi connectivity index (χ1) is 5.96. The maximum Gasteiger partial charge on any atom is 0.417 e. The van der Waals surface area contributed by atoms with Crippen molar-refractivity contribution in [2.45, 2.75) is 11.1 Å². The summed E-state index contributed by atoms with van der Waals surface area (Å²) in [5.74, 6) is -0.331. The molecular formula is C8H7F3OS. The van der Waals surface area contributed by atoms with Crippen LogP contribution < -0.4 is 0 Å². The number of thioether (sulfide) groups is 1. The van der Waals surface area contributed by atoms with Crippen molar-refractivity contribution in [2.75, 3.05) is 6.26 Å². The van der Waals surface area contributed by atoms with E-state index in [0.717, 1.165) is 17.8 Å². The van der Waals surface area contributed by atoms with Gasteiger partial charge in [0.05, 0.1) is 10.5 Å². The van der Waals surface area contributed by atoms with Crippen molar-refractivity contribution in [3.8, 4) is 5.75 Å². The highest BCUT2D eigenvalue weighted by Gasteiger charge is 2.34. The minimum absolute atomic E-state index is 0.130. The molecule has 0 bridgehead atoms. The molecule has 1 N–H and O–H groups in total. The summed E-state index contributed by atoms with van der Waals surface area (Å²) in [5.41, 5.74) is -0.792. The molecule has 0 aliphatic rings. The molecule has 0 aliphatic heterocycles. The summed E-state index contributed by atoms with van der Waals surface area (Å²) in [6.45, 7) is 0. The SMILES string of the molecule is CSc1c(O)cccc1C(F)(F)F. The summed E-state index contributed by atoms with van der Waals surface area (Å²) in [6.07, 6.45) is -2.92. The number of hydrogen-bond donors (Lipinski definition) is 1. The fourth-order valence-electron chi connectivity index (χ4n) is 0.963. The van der Waals surface area contributed by atoms with Crippen LogP contribution in [0.3, 0.4) is 0 Å². The molecule has 0 aliphatic carbocycles. The Hall–Kier alpha value is -0.840. The number of benzene rings is 1. The van der Waals surface area contributed by atoms with Crippen molar-refractivity contribution < 1.29 is 18.3 Å². The van der Waals surface area contributed by atoms with E-state index in [4.69, 9.17) is 5.11 Å². The number of phenols is 1. The summed E-state index contributed by atoms with van der Waals surface area (Å²) in [6, 6.07) is 3.37. The molecule has 13 heavy (non-hydrogen) atoms. The van der Waals surface area contributed by atoms with Crippen LogP contribution in [0.2, 0.25) is 0 Å². The average Bonchev–Trinajstić information content (AvgIpc) is 2.02. The van der Waals surface area contributed by atoms with Crippen LogP contribution in [0.15, 0.2) is 23.1 Å². The Balaban J connectivity index is 3.29. The summed E-state index contributed by atoms with van der Waals surface area (Å²) in [4.78, 5) is -0.130. The molecule has 0 saturated carbocycles. The highest BCUT2D eigenvalue weighted by Crippen LogP contribution is 2.39. The van der Waals surface area contributed by atoms with Gasteiger partial charge in [0, 0.05) is 0 Å². The van der Waals surface area contributed by atoms with Crippen LogP contribution in [0.4, 0.5) is 13.2 Å². The normalized spacial score (nSPS) is 11.7. The molecule has 5 heteroatoms. The second kappa shape index (κ2) is 3.49. The molecule has 0 aromatic heterocycles. The average molecular weight is 208 g/mol. The standard InChI is InChI=1S/C8H7F3OS/c1-13-7-5(8(9,10)11)3-2-4-6(7)12/h2-4,12H,1H3. The molecule has 0 heterocycles. The smallest absolute Gasteiger partial charge is 0.417 e. The number of alkyl halides is 3. The van der Waals surface area contributed by atoms with Crippen LogP contribution in [-0.2, 0) is 6.18 Å². The molecule has 0 fully saturated rings. The third kappa shape index (κ3) is 2.09. The zero-order valence-corrected chi connectivity index (χ0v) is 7.54. The molecule has 0 saturated heterocycles. The summed E-state index contributed by atoms with van der Waals surface area (Å²) >= 11 is 0.879. The Kier molecular flexibility index (Phi) is 2.75. The monoisotopic (exact) mass is 208 g/mol. The topological polar surface area (TPSA) is 20.2 Å². The van der Waals surface area contributed by atoms with Crippen molar-refractivity contribution in [1.82, 2.24) is 0 Å². The molecule has 0 atom stereocenters. The fourth-order valence-corrected chi connectivity index (χ4v) is 1.64. The Bertz CT molecular complexity index is 309. The number of phenolic OH excluding ortho intramolecular Hbond substituents is 1. The van der Waals surface area contributed by atoms with Crippen LogP contribution in [0.5, 0.6) is 5.75 Å². The highest BCUT2D eigenvalue weighted by molar-refractivity contribution is 7.98. The predicted molar refractivity (Wildman–Crippen MR) is 44.9 cm³/mol. The van der Waals surface area contributed by atoms with E-state index >= 15 is 0 Å². The van der Waals surface area contributed by atoms with E-state index in [1.54, 1.807) is 0 Å². The second-order valence-electron chi connectivity index (χ2n) is 2.36. The molecule has 1 nitrogen and oxygen atoms in total. The number of aromatic hydroxyl groups is 1. The van der Waals surface area contributed by atoms with E-state index in [1.807, 2.05) is 0 Å². The van der Waals surface area contributed by atoms with Gasteiger partial charge in [0.15, 0.2) is 0 Å². The molecule has 72 valence electrons. The maximum atomic E-state index is 12.3. The van der Waals surface area contributed by atoms with Crippen molar-refractivity contribution >= 4 is 11.8 Å². The van der Waals surface area contributed by atoms with Gasteiger partial charge < -0.3 is 5.11 Å². The van der Waals surface area contributed by atoms with Gasteiger partial charge in [-0.15, -0.1) is 11.8 Å². The lowest BCUT2D eigenvalue weighted by Gasteiger charge is -2.11. The summed E-state index contributed by atoms with van der Waals surface area (Å²) in [7, 11) is 0.